The molecular formula is C10H20S. The standard InChI is InChI=1S/C10H20S/c1-9(2,3)7-8(11-7)10(4,5)6/h7-8H,1-6H3/t7-,8-/m1/s1. The molecular weight excluding hydrogens is 152 g/mol. The molecule has 11 heavy (non-hydrogen) atoms. The maximum absolute atomic E-state index is 2.34. The van der Waals surface area contributed by atoms with E-state index < -0.39 is 0 Å². The summed E-state index contributed by atoms with van der Waals surface area (Å²) in [7, 11) is 0. The van der Waals surface area contributed by atoms with Crippen molar-refractivity contribution in [1.82, 2.24) is 0 Å². The van der Waals surface area contributed by atoms with Crippen LogP contribution in [0.5, 0.6) is 0 Å². The summed E-state index contributed by atoms with van der Waals surface area (Å²) in [5.74, 6) is 0. The van der Waals surface area contributed by atoms with Crippen molar-refractivity contribution in [3.05, 3.63) is 0 Å². The molecule has 0 amide bonds. The summed E-state index contributed by atoms with van der Waals surface area (Å²) in [4.78, 5) is 0. The van der Waals surface area contributed by atoms with Crippen LogP contribution < -0.4 is 0 Å². The number of rotatable bonds is 0. The van der Waals surface area contributed by atoms with Crippen molar-refractivity contribution in [3.8, 4) is 0 Å². The van der Waals surface area contributed by atoms with Gasteiger partial charge < -0.3 is 0 Å². The molecule has 1 saturated heterocycles. The average molecular weight is 172 g/mol. The lowest BCUT2D eigenvalue weighted by atomic mass is 9.81. The topological polar surface area (TPSA) is 0 Å². The molecule has 0 aromatic rings. The van der Waals surface area contributed by atoms with Gasteiger partial charge in [-0.2, -0.15) is 11.8 Å². The van der Waals surface area contributed by atoms with E-state index in [-0.39, 0.29) is 0 Å². The van der Waals surface area contributed by atoms with Crippen molar-refractivity contribution in [1.29, 1.82) is 0 Å². The van der Waals surface area contributed by atoms with E-state index in [1.54, 1.807) is 0 Å². The molecule has 0 nitrogen and oxygen atoms in total. The molecule has 0 aromatic heterocycles. The minimum absolute atomic E-state index is 0.503. The highest BCUT2D eigenvalue weighted by molar-refractivity contribution is 8.07. The zero-order valence-electron chi connectivity index (χ0n) is 8.56. The fourth-order valence-corrected chi connectivity index (χ4v) is 3.29. The maximum atomic E-state index is 2.34. The van der Waals surface area contributed by atoms with Crippen molar-refractivity contribution >= 4 is 11.8 Å². The van der Waals surface area contributed by atoms with Crippen LogP contribution in [0.3, 0.4) is 0 Å². The van der Waals surface area contributed by atoms with E-state index in [1.165, 1.54) is 0 Å². The van der Waals surface area contributed by atoms with Gasteiger partial charge in [0.15, 0.2) is 0 Å². The first-order valence-electron chi connectivity index (χ1n) is 4.38. The zero-order chi connectivity index (χ0) is 8.86. The predicted molar refractivity (Wildman–Crippen MR) is 54.1 cm³/mol. The van der Waals surface area contributed by atoms with Crippen LogP contribution in [0.25, 0.3) is 0 Å². The largest absolute Gasteiger partial charge is 0.152 e. The van der Waals surface area contributed by atoms with Gasteiger partial charge >= 0.3 is 0 Å². The van der Waals surface area contributed by atoms with Crippen LogP contribution in [0, 0.1) is 10.8 Å². The SMILES string of the molecule is CC(C)(C)[C@@H]1S[C@H]1C(C)(C)C. The molecule has 1 heteroatoms. The Bertz CT molecular complexity index is 129. The molecule has 1 heterocycles. The highest BCUT2D eigenvalue weighted by atomic mass is 32.2. The van der Waals surface area contributed by atoms with Crippen molar-refractivity contribution < 1.29 is 0 Å². The van der Waals surface area contributed by atoms with Crippen molar-refractivity contribution in [2.45, 2.75) is 52.0 Å². The second kappa shape index (κ2) is 2.42. The first-order valence-corrected chi connectivity index (χ1v) is 5.32. The van der Waals surface area contributed by atoms with Gasteiger partial charge in [0.05, 0.1) is 0 Å². The van der Waals surface area contributed by atoms with Crippen LogP contribution in [0.2, 0.25) is 0 Å². The van der Waals surface area contributed by atoms with Gasteiger partial charge in [-0.25, -0.2) is 0 Å². The first kappa shape index (κ1) is 9.44. The lowest BCUT2D eigenvalue weighted by Crippen LogP contribution is -2.23. The van der Waals surface area contributed by atoms with Gasteiger partial charge in [-0.1, -0.05) is 41.5 Å². The van der Waals surface area contributed by atoms with E-state index in [0.717, 1.165) is 10.5 Å². The Hall–Kier alpha value is 0.350. The Morgan fingerprint density at radius 1 is 0.727 bits per heavy atom. The molecule has 0 radical (unpaired) electrons. The summed E-state index contributed by atoms with van der Waals surface area (Å²) in [6, 6.07) is 0. The first-order chi connectivity index (χ1) is 4.73. The number of hydrogen-bond acceptors (Lipinski definition) is 1. The van der Waals surface area contributed by atoms with Gasteiger partial charge in [0.2, 0.25) is 0 Å². The van der Waals surface area contributed by atoms with Crippen molar-refractivity contribution in [2.24, 2.45) is 10.8 Å². The number of thioether (sulfide) groups is 1. The molecule has 1 aliphatic heterocycles. The van der Waals surface area contributed by atoms with E-state index in [9.17, 15) is 0 Å². The summed E-state index contributed by atoms with van der Waals surface area (Å²) in [6.45, 7) is 14.1. The highest BCUT2D eigenvalue weighted by Gasteiger charge is 2.51. The van der Waals surface area contributed by atoms with Crippen molar-refractivity contribution in [3.63, 3.8) is 0 Å². The van der Waals surface area contributed by atoms with Crippen LogP contribution in [-0.4, -0.2) is 10.5 Å². The normalized spacial score (nSPS) is 32.2. The molecule has 0 saturated carbocycles. The lowest BCUT2D eigenvalue weighted by Gasteiger charge is -2.22. The van der Waals surface area contributed by atoms with Gasteiger partial charge in [0.25, 0.3) is 0 Å². The summed E-state index contributed by atoms with van der Waals surface area (Å²) < 4.78 is 0. The van der Waals surface area contributed by atoms with E-state index in [4.69, 9.17) is 0 Å². The summed E-state index contributed by atoms with van der Waals surface area (Å²) >= 11 is 2.15. The van der Waals surface area contributed by atoms with E-state index in [1.807, 2.05) is 0 Å². The molecule has 0 aliphatic carbocycles. The summed E-state index contributed by atoms with van der Waals surface area (Å²) in [6.07, 6.45) is 0. The summed E-state index contributed by atoms with van der Waals surface area (Å²) in [5.41, 5.74) is 1.01. The summed E-state index contributed by atoms with van der Waals surface area (Å²) in [5, 5.41) is 1.78. The smallest absolute Gasteiger partial charge is 0.0223 e. The van der Waals surface area contributed by atoms with E-state index >= 15 is 0 Å². The van der Waals surface area contributed by atoms with Crippen LogP contribution in [-0.2, 0) is 0 Å². The fraction of sp³-hybridized carbons (Fsp3) is 1.00. The van der Waals surface area contributed by atoms with Crippen LogP contribution >= 0.6 is 11.8 Å². The third-order valence-electron chi connectivity index (χ3n) is 2.20. The Morgan fingerprint density at radius 3 is 1.09 bits per heavy atom. The van der Waals surface area contributed by atoms with Gasteiger partial charge in [-0.15, -0.1) is 0 Å². The Morgan fingerprint density at radius 2 is 1.00 bits per heavy atom. The highest BCUT2D eigenvalue weighted by Crippen LogP contribution is 2.58. The molecule has 2 atom stereocenters. The Balaban J connectivity index is 2.51. The second-order valence-corrected chi connectivity index (χ2v) is 7.00. The molecule has 0 spiro atoms. The molecule has 0 unspecified atom stereocenters. The number of hydrogen-bond donors (Lipinski definition) is 0. The lowest BCUT2D eigenvalue weighted by molar-refractivity contribution is 0.335. The monoisotopic (exact) mass is 172 g/mol. The molecule has 0 aromatic carbocycles. The minimum Gasteiger partial charge on any atom is -0.152 e. The Labute approximate surface area is 75.1 Å². The van der Waals surface area contributed by atoms with Crippen LogP contribution in [0.4, 0.5) is 0 Å². The molecule has 1 fully saturated rings. The van der Waals surface area contributed by atoms with Crippen LogP contribution in [0.15, 0.2) is 0 Å². The Kier molecular flexibility index (Phi) is 2.07. The molecule has 1 aliphatic rings. The minimum atomic E-state index is 0.503. The van der Waals surface area contributed by atoms with Gasteiger partial charge in [0.1, 0.15) is 0 Å². The second-order valence-electron chi connectivity index (χ2n) is 5.71. The molecule has 1 rings (SSSR count). The third-order valence-corrected chi connectivity index (χ3v) is 4.43. The third kappa shape index (κ3) is 2.14. The van der Waals surface area contributed by atoms with Gasteiger partial charge in [-0.05, 0) is 10.8 Å². The maximum Gasteiger partial charge on any atom is 0.0223 e. The predicted octanol–water partition coefficient (Wildman–Crippen LogP) is 3.56. The van der Waals surface area contributed by atoms with E-state index in [2.05, 4.69) is 53.3 Å². The zero-order valence-corrected chi connectivity index (χ0v) is 9.38. The molecule has 66 valence electrons. The fourth-order valence-electron chi connectivity index (χ4n) is 1.43. The van der Waals surface area contributed by atoms with Gasteiger partial charge in [-0.3, -0.25) is 0 Å². The molecule has 0 N–H and O–H groups in total. The van der Waals surface area contributed by atoms with E-state index in [0.29, 0.717) is 10.8 Å². The van der Waals surface area contributed by atoms with Gasteiger partial charge in [0, 0.05) is 10.5 Å². The van der Waals surface area contributed by atoms with Crippen LogP contribution in [0.1, 0.15) is 41.5 Å². The molecule has 0 bridgehead atoms. The van der Waals surface area contributed by atoms with Crippen molar-refractivity contribution in [2.75, 3.05) is 0 Å². The average Bonchev–Trinajstić information content (AvgIpc) is 2.30. The quantitative estimate of drug-likeness (QED) is 0.503.